The third-order valence-electron chi connectivity index (χ3n) is 5.52. The molecule has 0 aromatic rings. The molecule has 0 saturated carbocycles. The van der Waals surface area contributed by atoms with Crippen LogP contribution in [0.4, 0.5) is 0 Å². The predicted octanol–water partition coefficient (Wildman–Crippen LogP) is -0.967. The Morgan fingerprint density at radius 1 is 1.03 bits per heavy atom. The van der Waals surface area contributed by atoms with Crippen LogP contribution in [0.5, 0.6) is 0 Å². The molecule has 1 rings (SSSR count). The highest BCUT2D eigenvalue weighted by Crippen LogP contribution is 2.10. The Morgan fingerprint density at radius 3 is 2.21 bits per heavy atom. The number of carbonyl (C=O) groups excluding carboxylic acids is 3. The summed E-state index contributed by atoms with van der Waals surface area (Å²) in [5.41, 5.74) is 10.7. The van der Waals surface area contributed by atoms with Gasteiger partial charge >= 0.3 is 5.97 Å². The number of carboxylic acids is 1. The molecule has 0 bridgehead atoms. The molecular formula is C22H41N7O5. The monoisotopic (exact) mass is 483 g/mol. The second kappa shape index (κ2) is 14.4. The molecule has 0 spiro atoms. The maximum Gasteiger partial charge on any atom is 0.326 e. The third-order valence-corrected chi connectivity index (χ3v) is 5.52. The molecular weight excluding hydrogens is 442 g/mol. The summed E-state index contributed by atoms with van der Waals surface area (Å²) in [7, 11) is 0. The van der Waals surface area contributed by atoms with Gasteiger partial charge in [-0.05, 0) is 50.5 Å². The first-order chi connectivity index (χ1) is 15.9. The number of nitrogens with zero attached hydrogens (tertiary/aromatic N) is 1. The van der Waals surface area contributed by atoms with Crippen molar-refractivity contribution in [2.45, 2.75) is 84.0 Å². The topological polar surface area (TPSA) is 201 Å². The van der Waals surface area contributed by atoms with Crippen LogP contribution in [0.25, 0.3) is 0 Å². The van der Waals surface area contributed by atoms with Crippen molar-refractivity contribution in [2.24, 2.45) is 28.3 Å². The lowest BCUT2D eigenvalue weighted by Gasteiger charge is -2.27. The van der Waals surface area contributed by atoms with E-state index in [1.54, 1.807) is 13.8 Å². The van der Waals surface area contributed by atoms with Crippen molar-refractivity contribution < 1.29 is 24.3 Å². The number of carbonyl (C=O) groups is 4. The fraction of sp³-hybridized carbons (Fsp3) is 0.773. The van der Waals surface area contributed by atoms with E-state index in [1.165, 1.54) is 0 Å². The Labute approximate surface area is 201 Å². The first-order valence-corrected chi connectivity index (χ1v) is 11.8. The van der Waals surface area contributed by atoms with Crippen LogP contribution < -0.4 is 32.7 Å². The lowest BCUT2D eigenvalue weighted by atomic mass is 9.99. The van der Waals surface area contributed by atoms with E-state index < -0.39 is 35.9 Å². The normalized spacial score (nSPS) is 18.1. The minimum Gasteiger partial charge on any atom is -0.480 e. The number of hydrogen-bond acceptors (Lipinski definition) is 6. The molecule has 0 radical (unpaired) electrons. The van der Waals surface area contributed by atoms with E-state index in [0.29, 0.717) is 12.8 Å². The Morgan fingerprint density at radius 2 is 1.71 bits per heavy atom. The molecule has 4 unspecified atom stereocenters. The van der Waals surface area contributed by atoms with E-state index in [9.17, 15) is 24.3 Å². The fourth-order valence-corrected chi connectivity index (χ4v) is 3.70. The second-order valence-corrected chi connectivity index (χ2v) is 9.42. The molecule has 4 atom stereocenters. The number of nitrogens with two attached hydrogens (primary N) is 2. The average molecular weight is 484 g/mol. The van der Waals surface area contributed by atoms with E-state index in [-0.39, 0.29) is 49.1 Å². The molecule has 1 heterocycles. The molecule has 12 heteroatoms. The van der Waals surface area contributed by atoms with Gasteiger partial charge in [0, 0.05) is 6.54 Å². The Balaban J connectivity index is 2.91. The van der Waals surface area contributed by atoms with Crippen molar-refractivity contribution in [3.8, 4) is 0 Å². The Kier molecular flexibility index (Phi) is 12.3. The summed E-state index contributed by atoms with van der Waals surface area (Å²) in [6, 6.07) is -3.30. The zero-order valence-electron chi connectivity index (χ0n) is 20.6. The summed E-state index contributed by atoms with van der Waals surface area (Å²) in [5, 5.41) is 20.5. The van der Waals surface area contributed by atoms with Crippen LogP contribution in [0, 0.1) is 11.8 Å². The average Bonchev–Trinajstić information content (AvgIpc) is 3.27. The Hall–Kier alpha value is -2.89. The summed E-state index contributed by atoms with van der Waals surface area (Å²) in [6.07, 6.45) is 2.51. The lowest BCUT2D eigenvalue weighted by Crippen LogP contribution is -2.58. The molecule has 9 N–H and O–H groups in total. The molecule has 1 aliphatic heterocycles. The number of hydrogen-bond donors (Lipinski definition) is 7. The maximum atomic E-state index is 13.1. The van der Waals surface area contributed by atoms with Crippen LogP contribution in [0.3, 0.4) is 0 Å². The number of amides is 3. The van der Waals surface area contributed by atoms with E-state index in [1.807, 2.05) is 13.8 Å². The second-order valence-electron chi connectivity index (χ2n) is 9.42. The van der Waals surface area contributed by atoms with Gasteiger partial charge in [0.2, 0.25) is 17.7 Å². The molecule has 12 nitrogen and oxygen atoms in total. The quantitative estimate of drug-likeness (QED) is 0.0929. The first-order valence-electron chi connectivity index (χ1n) is 11.8. The smallest absolute Gasteiger partial charge is 0.326 e. The largest absolute Gasteiger partial charge is 0.480 e. The summed E-state index contributed by atoms with van der Waals surface area (Å²) in [4.78, 5) is 54.0. The van der Waals surface area contributed by atoms with Gasteiger partial charge in [-0.2, -0.15) is 0 Å². The van der Waals surface area contributed by atoms with Crippen LogP contribution in [0.1, 0.15) is 59.8 Å². The summed E-state index contributed by atoms with van der Waals surface area (Å²) < 4.78 is 0. The zero-order valence-corrected chi connectivity index (χ0v) is 20.6. The molecule has 0 aromatic carbocycles. The van der Waals surface area contributed by atoms with Gasteiger partial charge in [-0.25, -0.2) is 4.79 Å². The SMILES string of the molecule is CC(C)CC(NC(=O)C(NC(=O)C(CCCN=C(N)N)NC(=O)C1CCCN1)C(C)C)C(=O)O. The van der Waals surface area contributed by atoms with E-state index in [0.717, 1.165) is 13.0 Å². The standard InChI is InChI=1S/C22H41N7O5/c1-12(2)11-16(21(33)34)28-20(32)17(13(3)4)29-19(31)15(8-6-10-26-22(23)24)27-18(30)14-7-5-9-25-14/h12-17,25H,5-11H2,1-4H3,(H,27,30)(H,28,32)(H,29,31)(H,33,34)(H4,23,24,26). The number of carboxylic acid groups (broad SMARTS) is 1. The van der Waals surface area contributed by atoms with Crippen molar-refractivity contribution in [1.82, 2.24) is 21.3 Å². The van der Waals surface area contributed by atoms with Crippen molar-refractivity contribution in [3.05, 3.63) is 0 Å². The zero-order chi connectivity index (χ0) is 25.8. The van der Waals surface area contributed by atoms with Gasteiger partial charge in [-0.1, -0.05) is 27.7 Å². The maximum absolute atomic E-state index is 13.1. The molecule has 194 valence electrons. The van der Waals surface area contributed by atoms with E-state index in [4.69, 9.17) is 11.5 Å². The van der Waals surface area contributed by atoms with E-state index >= 15 is 0 Å². The minimum absolute atomic E-state index is 0.0579. The van der Waals surface area contributed by atoms with Gasteiger partial charge in [0.1, 0.15) is 18.1 Å². The number of guanidine groups is 1. The molecule has 1 aliphatic rings. The molecule has 0 aromatic heterocycles. The van der Waals surface area contributed by atoms with Crippen molar-refractivity contribution >= 4 is 29.7 Å². The number of nitrogens with one attached hydrogen (secondary N) is 4. The number of rotatable bonds is 14. The van der Waals surface area contributed by atoms with Crippen LogP contribution in [0.15, 0.2) is 4.99 Å². The fourth-order valence-electron chi connectivity index (χ4n) is 3.70. The van der Waals surface area contributed by atoms with Crippen molar-refractivity contribution in [1.29, 1.82) is 0 Å². The highest BCUT2D eigenvalue weighted by Gasteiger charge is 2.32. The van der Waals surface area contributed by atoms with Crippen LogP contribution in [0.2, 0.25) is 0 Å². The van der Waals surface area contributed by atoms with E-state index in [2.05, 4.69) is 26.3 Å². The van der Waals surface area contributed by atoms with Gasteiger partial charge in [0.15, 0.2) is 5.96 Å². The van der Waals surface area contributed by atoms with Crippen molar-refractivity contribution in [3.63, 3.8) is 0 Å². The highest BCUT2D eigenvalue weighted by atomic mass is 16.4. The third kappa shape index (κ3) is 10.4. The van der Waals surface area contributed by atoms with Gasteiger partial charge in [0.05, 0.1) is 6.04 Å². The number of aliphatic imine (C=N–C) groups is 1. The highest BCUT2D eigenvalue weighted by molar-refractivity contribution is 5.94. The lowest BCUT2D eigenvalue weighted by molar-refractivity contribution is -0.143. The van der Waals surface area contributed by atoms with Gasteiger partial charge in [-0.15, -0.1) is 0 Å². The number of aliphatic carboxylic acids is 1. The summed E-state index contributed by atoms with van der Waals surface area (Å²) in [5.74, 6) is -2.85. The van der Waals surface area contributed by atoms with Crippen LogP contribution in [-0.4, -0.2) is 72.0 Å². The van der Waals surface area contributed by atoms with Crippen LogP contribution in [-0.2, 0) is 19.2 Å². The van der Waals surface area contributed by atoms with Gasteiger partial charge in [-0.3, -0.25) is 19.4 Å². The molecule has 1 fully saturated rings. The molecule has 3 amide bonds. The van der Waals surface area contributed by atoms with Crippen LogP contribution >= 0.6 is 0 Å². The summed E-state index contributed by atoms with van der Waals surface area (Å²) >= 11 is 0. The predicted molar refractivity (Wildman–Crippen MR) is 129 cm³/mol. The minimum atomic E-state index is -1.13. The Bertz CT molecular complexity index is 731. The van der Waals surface area contributed by atoms with Gasteiger partial charge < -0.3 is 37.8 Å². The van der Waals surface area contributed by atoms with Gasteiger partial charge in [0.25, 0.3) is 0 Å². The van der Waals surface area contributed by atoms with Crippen molar-refractivity contribution in [2.75, 3.05) is 13.1 Å². The molecule has 0 aliphatic carbocycles. The molecule has 1 saturated heterocycles. The first kappa shape index (κ1) is 29.1. The molecule has 34 heavy (non-hydrogen) atoms. The summed E-state index contributed by atoms with van der Waals surface area (Å²) in [6.45, 7) is 8.23.